The van der Waals surface area contributed by atoms with Crippen LogP contribution in [0.2, 0.25) is 0 Å². The van der Waals surface area contributed by atoms with Crippen LogP contribution in [0.4, 0.5) is 13.2 Å². The number of sulfone groups is 1. The maximum atomic E-state index is 11.7. The van der Waals surface area contributed by atoms with Crippen LogP contribution in [0.25, 0.3) is 0 Å². The van der Waals surface area contributed by atoms with E-state index in [2.05, 4.69) is 11.9 Å². The minimum absolute atomic E-state index is 0.358. The number of rotatable bonds is 5. The zero-order valence-electron chi connectivity index (χ0n) is 7.67. The summed E-state index contributed by atoms with van der Waals surface area (Å²) in [6.07, 6.45) is -3.85. The van der Waals surface area contributed by atoms with Gasteiger partial charge in [0, 0.05) is 6.54 Å². The fourth-order valence-electron chi connectivity index (χ4n) is 0.723. The first-order valence-corrected chi connectivity index (χ1v) is 5.66. The van der Waals surface area contributed by atoms with Crippen molar-refractivity contribution in [2.75, 3.05) is 18.1 Å². The minimum Gasteiger partial charge on any atom is -0.352 e. The Morgan fingerprint density at radius 1 is 1.40 bits per heavy atom. The largest absolute Gasteiger partial charge is 0.402 e. The lowest BCUT2D eigenvalue weighted by atomic mass is 10.6. The number of hydrogen-bond donors (Lipinski definition) is 1. The standard InChI is InChI=1S/C7H10F3NO3S/c1-2-6(12)11-3-4-15(13,14)5-7(8,9)10/h2H,1,3-5H2,(H,11,12). The van der Waals surface area contributed by atoms with E-state index in [-0.39, 0.29) is 6.54 Å². The van der Waals surface area contributed by atoms with Gasteiger partial charge < -0.3 is 5.32 Å². The molecule has 0 aromatic heterocycles. The smallest absolute Gasteiger partial charge is 0.352 e. The summed E-state index contributed by atoms with van der Waals surface area (Å²) in [6, 6.07) is 0. The van der Waals surface area contributed by atoms with Crippen molar-refractivity contribution in [1.82, 2.24) is 5.32 Å². The van der Waals surface area contributed by atoms with Crippen LogP contribution in [0, 0.1) is 0 Å². The Hall–Kier alpha value is -1.05. The number of amides is 1. The second kappa shape index (κ2) is 5.15. The van der Waals surface area contributed by atoms with E-state index in [1.54, 1.807) is 0 Å². The summed E-state index contributed by atoms with van der Waals surface area (Å²) in [5.74, 6) is -3.24. The first-order valence-electron chi connectivity index (χ1n) is 3.84. The van der Waals surface area contributed by atoms with Crippen molar-refractivity contribution < 1.29 is 26.4 Å². The summed E-state index contributed by atoms with van der Waals surface area (Å²) < 4.78 is 56.8. The molecule has 8 heteroatoms. The molecule has 4 nitrogen and oxygen atoms in total. The zero-order chi connectivity index (χ0) is 12.1. The summed E-state index contributed by atoms with van der Waals surface area (Å²) in [4.78, 5) is 10.5. The van der Waals surface area contributed by atoms with Gasteiger partial charge in [-0.25, -0.2) is 8.42 Å². The van der Waals surface area contributed by atoms with Gasteiger partial charge in [-0.3, -0.25) is 4.79 Å². The van der Waals surface area contributed by atoms with E-state index in [9.17, 15) is 26.4 Å². The minimum atomic E-state index is -4.75. The SMILES string of the molecule is C=CC(=O)NCCS(=O)(=O)CC(F)(F)F. The zero-order valence-corrected chi connectivity index (χ0v) is 8.49. The van der Waals surface area contributed by atoms with E-state index in [0.717, 1.165) is 6.08 Å². The number of nitrogens with one attached hydrogen (secondary N) is 1. The molecule has 0 aliphatic heterocycles. The van der Waals surface area contributed by atoms with Gasteiger partial charge in [0.2, 0.25) is 5.91 Å². The fourth-order valence-corrected chi connectivity index (χ4v) is 1.78. The van der Waals surface area contributed by atoms with Crippen molar-refractivity contribution in [1.29, 1.82) is 0 Å². The molecule has 0 fully saturated rings. The molecular formula is C7H10F3NO3S. The molecule has 0 saturated carbocycles. The highest BCUT2D eigenvalue weighted by molar-refractivity contribution is 7.91. The van der Waals surface area contributed by atoms with E-state index in [1.807, 2.05) is 0 Å². The molecule has 0 unspecified atom stereocenters. The van der Waals surface area contributed by atoms with E-state index in [1.165, 1.54) is 0 Å². The van der Waals surface area contributed by atoms with Gasteiger partial charge in [0.1, 0.15) is 5.75 Å². The van der Waals surface area contributed by atoms with Crippen molar-refractivity contribution in [2.24, 2.45) is 0 Å². The number of carbonyl (C=O) groups is 1. The van der Waals surface area contributed by atoms with Gasteiger partial charge in [-0.2, -0.15) is 13.2 Å². The molecule has 0 aromatic rings. The third-order valence-electron chi connectivity index (χ3n) is 1.28. The molecule has 1 amide bonds. The molecule has 0 atom stereocenters. The molecule has 0 heterocycles. The Morgan fingerprint density at radius 3 is 2.33 bits per heavy atom. The molecule has 0 saturated heterocycles. The molecule has 0 bridgehead atoms. The molecule has 15 heavy (non-hydrogen) atoms. The van der Waals surface area contributed by atoms with Crippen LogP contribution in [0.3, 0.4) is 0 Å². The highest BCUT2D eigenvalue weighted by atomic mass is 32.2. The second-order valence-corrected chi connectivity index (χ2v) is 4.89. The van der Waals surface area contributed by atoms with Gasteiger partial charge in [0.25, 0.3) is 0 Å². The molecule has 0 spiro atoms. The number of hydrogen-bond acceptors (Lipinski definition) is 3. The molecule has 1 N–H and O–H groups in total. The quantitative estimate of drug-likeness (QED) is 0.707. The number of halogens is 3. The molecule has 0 radical (unpaired) electrons. The monoisotopic (exact) mass is 245 g/mol. The van der Waals surface area contributed by atoms with Crippen LogP contribution in [0.15, 0.2) is 12.7 Å². The van der Waals surface area contributed by atoms with E-state index in [4.69, 9.17) is 0 Å². The van der Waals surface area contributed by atoms with Crippen LogP contribution >= 0.6 is 0 Å². The van der Waals surface area contributed by atoms with E-state index < -0.39 is 33.4 Å². The van der Waals surface area contributed by atoms with E-state index >= 15 is 0 Å². The van der Waals surface area contributed by atoms with Crippen LogP contribution in [-0.4, -0.2) is 38.6 Å². The Balaban J connectivity index is 4.07. The summed E-state index contributed by atoms with van der Waals surface area (Å²) in [5.41, 5.74) is 0. The van der Waals surface area contributed by atoms with Crippen LogP contribution in [0.5, 0.6) is 0 Å². The molecule has 0 aliphatic carbocycles. The van der Waals surface area contributed by atoms with Gasteiger partial charge in [-0.1, -0.05) is 6.58 Å². The maximum Gasteiger partial charge on any atom is 0.402 e. The average Bonchev–Trinajstić information content (AvgIpc) is 1.98. The first kappa shape index (κ1) is 13.9. The summed E-state index contributed by atoms with van der Waals surface area (Å²) in [5, 5.41) is 2.07. The Morgan fingerprint density at radius 2 is 1.93 bits per heavy atom. The van der Waals surface area contributed by atoms with Crippen LogP contribution < -0.4 is 5.32 Å². The number of alkyl halides is 3. The van der Waals surface area contributed by atoms with Gasteiger partial charge >= 0.3 is 6.18 Å². The third-order valence-corrected chi connectivity index (χ3v) is 2.87. The van der Waals surface area contributed by atoms with Gasteiger partial charge in [-0.15, -0.1) is 0 Å². The first-order chi connectivity index (χ1) is 6.66. The highest BCUT2D eigenvalue weighted by Gasteiger charge is 2.34. The lowest BCUT2D eigenvalue weighted by Crippen LogP contribution is -2.32. The Bertz CT molecular complexity index is 334. The summed E-state index contributed by atoms with van der Waals surface area (Å²) in [7, 11) is -4.22. The van der Waals surface area contributed by atoms with Crippen LogP contribution in [-0.2, 0) is 14.6 Å². The predicted molar refractivity (Wildman–Crippen MR) is 47.9 cm³/mol. The van der Waals surface area contributed by atoms with Crippen molar-refractivity contribution in [3.8, 4) is 0 Å². The number of carbonyl (C=O) groups excluding carboxylic acids is 1. The topological polar surface area (TPSA) is 63.2 Å². The van der Waals surface area contributed by atoms with Gasteiger partial charge in [0.05, 0.1) is 5.75 Å². The lowest BCUT2D eigenvalue weighted by molar-refractivity contribution is -0.116. The Kier molecular flexibility index (Phi) is 4.79. The van der Waals surface area contributed by atoms with Crippen molar-refractivity contribution in [3.63, 3.8) is 0 Å². The summed E-state index contributed by atoms with van der Waals surface area (Å²) >= 11 is 0. The molecule has 0 aromatic carbocycles. The molecule has 88 valence electrons. The lowest BCUT2D eigenvalue weighted by Gasteiger charge is -2.07. The fraction of sp³-hybridized carbons (Fsp3) is 0.571. The molecule has 0 rings (SSSR count). The van der Waals surface area contributed by atoms with E-state index in [0.29, 0.717) is 0 Å². The molecular weight excluding hydrogens is 235 g/mol. The second-order valence-electron chi connectivity index (χ2n) is 2.70. The maximum absolute atomic E-state index is 11.7. The average molecular weight is 245 g/mol. The van der Waals surface area contributed by atoms with Crippen molar-refractivity contribution in [3.05, 3.63) is 12.7 Å². The molecule has 0 aliphatic rings. The predicted octanol–water partition coefficient (Wildman–Crippen LogP) is 0.266. The normalized spacial score (nSPS) is 12.2. The van der Waals surface area contributed by atoms with Crippen molar-refractivity contribution >= 4 is 15.7 Å². The Labute approximate surface area is 85.1 Å². The van der Waals surface area contributed by atoms with Gasteiger partial charge in [-0.05, 0) is 6.08 Å². The van der Waals surface area contributed by atoms with Gasteiger partial charge in [0.15, 0.2) is 9.84 Å². The van der Waals surface area contributed by atoms with Crippen LogP contribution in [0.1, 0.15) is 0 Å². The summed E-state index contributed by atoms with van der Waals surface area (Å²) in [6.45, 7) is 2.74. The highest BCUT2D eigenvalue weighted by Crippen LogP contribution is 2.17. The third kappa shape index (κ3) is 7.98. The van der Waals surface area contributed by atoms with Crippen molar-refractivity contribution in [2.45, 2.75) is 6.18 Å².